The first-order valence-corrected chi connectivity index (χ1v) is 19.9. The van der Waals surface area contributed by atoms with Crippen LogP contribution in [-0.4, -0.2) is 112 Å². The van der Waals surface area contributed by atoms with E-state index in [1.165, 1.54) is 25.1 Å². The van der Waals surface area contributed by atoms with Gasteiger partial charge < -0.3 is 35.5 Å². The third kappa shape index (κ3) is 11.1. The number of ether oxygens (including phenoxy) is 1. The van der Waals surface area contributed by atoms with Crippen LogP contribution in [0.2, 0.25) is 0 Å². The molecule has 284 valence electrons. The maximum atomic E-state index is 14.2. The van der Waals surface area contributed by atoms with Crippen LogP contribution >= 0.6 is 0 Å². The van der Waals surface area contributed by atoms with Gasteiger partial charge >= 0.3 is 0 Å². The van der Waals surface area contributed by atoms with Crippen LogP contribution in [0.25, 0.3) is 0 Å². The Morgan fingerprint density at radius 3 is 2.25 bits per heavy atom. The van der Waals surface area contributed by atoms with Crippen molar-refractivity contribution in [3.63, 3.8) is 0 Å². The van der Waals surface area contributed by atoms with Gasteiger partial charge in [-0.05, 0) is 44.1 Å². The van der Waals surface area contributed by atoms with Crippen molar-refractivity contribution in [2.24, 2.45) is 17.8 Å². The molecule has 1 aromatic carbocycles. The predicted molar refractivity (Wildman–Crippen MR) is 193 cm³/mol. The van der Waals surface area contributed by atoms with E-state index >= 15 is 0 Å². The summed E-state index contributed by atoms with van der Waals surface area (Å²) in [6.45, 7) is 7.52. The van der Waals surface area contributed by atoms with Crippen molar-refractivity contribution in [2.45, 2.75) is 108 Å². The van der Waals surface area contributed by atoms with E-state index in [4.69, 9.17) is 4.74 Å². The molecular formula is C37H57N5O8S. The molecule has 51 heavy (non-hydrogen) atoms. The Kier molecular flexibility index (Phi) is 14.6. The highest BCUT2D eigenvalue weighted by molar-refractivity contribution is 7.93. The van der Waals surface area contributed by atoms with E-state index < -0.39 is 68.3 Å². The maximum absolute atomic E-state index is 14.2. The third-order valence-electron chi connectivity index (χ3n) is 10.4. The molecule has 3 amide bonds. The van der Waals surface area contributed by atoms with Crippen LogP contribution < -0.4 is 10.6 Å². The average Bonchev–Trinajstić information content (AvgIpc) is 3.64. The van der Waals surface area contributed by atoms with Gasteiger partial charge in [-0.1, -0.05) is 76.3 Å². The Labute approximate surface area is 302 Å². The number of sulfone groups is 1. The SMILES string of the molecule is CC(C)[C@H](O)[C@H](O)[C@H](CC1CCCCC1)NC(=O)[C@H](Cc1c[nH]cn1)NC(=O)[C@H](Cc1ccccc1)CS(=O)(=O)C(C)(C)C(=O)N1CCOCC1. The van der Waals surface area contributed by atoms with Crippen LogP contribution in [-0.2, 0) is 41.8 Å². The zero-order chi connectivity index (χ0) is 37.2. The van der Waals surface area contributed by atoms with Crippen LogP contribution in [0.4, 0.5) is 0 Å². The number of benzene rings is 1. The van der Waals surface area contributed by atoms with E-state index in [0.29, 0.717) is 25.3 Å². The molecule has 1 aliphatic carbocycles. The van der Waals surface area contributed by atoms with Crippen LogP contribution in [0.15, 0.2) is 42.9 Å². The molecule has 4 rings (SSSR count). The van der Waals surface area contributed by atoms with Gasteiger partial charge in [0.2, 0.25) is 17.7 Å². The lowest BCUT2D eigenvalue weighted by molar-refractivity contribution is -0.137. The summed E-state index contributed by atoms with van der Waals surface area (Å²) >= 11 is 0. The number of H-pyrrole nitrogens is 1. The van der Waals surface area contributed by atoms with Crippen LogP contribution in [0.1, 0.15) is 77.5 Å². The van der Waals surface area contributed by atoms with Crippen LogP contribution in [0.5, 0.6) is 0 Å². The van der Waals surface area contributed by atoms with Crippen molar-refractivity contribution in [1.29, 1.82) is 0 Å². The highest BCUT2D eigenvalue weighted by Crippen LogP contribution is 2.29. The molecule has 2 heterocycles. The van der Waals surface area contributed by atoms with Gasteiger partial charge in [0.05, 0.1) is 49.1 Å². The van der Waals surface area contributed by atoms with Crippen molar-refractivity contribution in [3.8, 4) is 0 Å². The fourth-order valence-corrected chi connectivity index (χ4v) is 8.58. The maximum Gasteiger partial charge on any atom is 0.243 e. The van der Waals surface area contributed by atoms with Crippen molar-refractivity contribution in [1.82, 2.24) is 25.5 Å². The molecule has 1 aromatic heterocycles. The zero-order valence-corrected chi connectivity index (χ0v) is 31.2. The first-order chi connectivity index (χ1) is 24.2. The molecule has 0 bridgehead atoms. The summed E-state index contributed by atoms with van der Waals surface area (Å²) in [6.07, 6.45) is 6.45. The Balaban J connectivity index is 1.60. The summed E-state index contributed by atoms with van der Waals surface area (Å²) in [5, 5.41) is 27.9. The normalized spacial score (nSPS) is 19.2. The molecule has 5 atom stereocenters. The minimum absolute atomic E-state index is 0.00807. The second-order valence-corrected chi connectivity index (χ2v) is 17.6. The molecule has 1 aliphatic heterocycles. The second kappa shape index (κ2) is 18.4. The van der Waals surface area contributed by atoms with Gasteiger partial charge in [-0.2, -0.15) is 0 Å². The first kappa shape index (κ1) is 40.4. The predicted octanol–water partition coefficient (Wildman–Crippen LogP) is 2.18. The van der Waals surface area contributed by atoms with Crippen molar-refractivity contribution >= 4 is 27.6 Å². The van der Waals surface area contributed by atoms with E-state index in [-0.39, 0.29) is 37.8 Å². The lowest BCUT2D eigenvalue weighted by Crippen LogP contribution is -2.57. The van der Waals surface area contributed by atoms with Gasteiger partial charge in [0, 0.05) is 25.7 Å². The number of imidazole rings is 1. The van der Waals surface area contributed by atoms with E-state index in [1.54, 1.807) is 44.3 Å². The number of amides is 3. The molecule has 14 heteroatoms. The fraction of sp³-hybridized carbons (Fsp3) is 0.676. The number of aromatic amines is 1. The number of carbonyl (C=O) groups excluding carboxylic acids is 3. The van der Waals surface area contributed by atoms with Gasteiger partial charge in [-0.3, -0.25) is 14.4 Å². The number of carbonyl (C=O) groups is 3. The largest absolute Gasteiger partial charge is 0.390 e. The summed E-state index contributed by atoms with van der Waals surface area (Å²) in [4.78, 5) is 50.4. The highest BCUT2D eigenvalue weighted by atomic mass is 32.2. The Hall–Kier alpha value is -3.33. The highest BCUT2D eigenvalue weighted by Gasteiger charge is 2.46. The number of nitrogens with one attached hydrogen (secondary N) is 3. The van der Waals surface area contributed by atoms with Gasteiger partial charge in [0.1, 0.15) is 16.9 Å². The number of nitrogens with zero attached hydrogens (tertiary/aromatic N) is 2. The number of rotatable bonds is 17. The van der Waals surface area contributed by atoms with Gasteiger partial charge in [-0.15, -0.1) is 0 Å². The monoisotopic (exact) mass is 731 g/mol. The molecule has 2 aliphatic rings. The van der Waals surface area contributed by atoms with E-state index in [1.807, 2.05) is 6.07 Å². The minimum atomic E-state index is -4.21. The van der Waals surface area contributed by atoms with Crippen molar-refractivity contribution in [3.05, 3.63) is 54.1 Å². The first-order valence-electron chi connectivity index (χ1n) is 18.3. The molecule has 0 radical (unpaired) electrons. The van der Waals surface area contributed by atoms with Gasteiger partial charge in [0.25, 0.3) is 0 Å². The Morgan fingerprint density at radius 1 is 0.980 bits per heavy atom. The summed E-state index contributed by atoms with van der Waals surface area (Å²) in [5.41, 5.74) is 1.21. The number of hydrogen-bond acceptors (Lipinski definition) is 9. The topological polar surface area (TPSA) is 191 Å². The molecule has 2 aromatic rings. The molecule has 5 N–H and O–H groups in total. The molecule has 1 saturated heterocycles. The van der Waals surface area contributed by atoms with Crippen LogP contribution in [0, 0.1) is 17.8 Å². The van der Waals surface area contributed by atoms with Gasteiger partial charge in [-0.25, -0.2) is 13.4 Å². The third-order valence-corrected chi connectivity index (χ3v) is 13.0. The molecule has 2 fully saturated rings. The Bertz CT molecular complexity index is 1510. The van der Waals surface area contributed by atoms with E-state index in [0.717, 1.165) is 37.7 Å². The van der Waals surface area contributed by atoms with Crippen molar-refractivity contribution < 1.29 is 37.8 Å². The summed E-state index contributed by atoms with van der Waals surface area (Å²) in [5.74, 6) is -3.56. The molecular weight excluding hydrogens is 675 g/mol. The molecule has 0 spiro atoms. The summed E-state index contributed by atoms with van der Waals surface area (Å²) < 4.78 is 31.6. The van der Waals surface area contributed by atoms with E-state index in [2.05, 4.69) is 20.6 Å². The zero-order valence-electron chi connectivity index (χ0n) is 30.4. The second-order valence-electron chi connectivity index (χ2n) is 15.0. The molecule has 13 nitrogen and oxygen atoms in total. The smallest absolute Gasteiger partial charge is 0.243 e. The minimum Gasteiger partial charge on any atom is -0.390 e. The quantitative estimate of drug-likeness (QED) is 0.162. The van der Waals surface area contributed by atoms with Gasteiger partial charge in [0.15, 0.2) is 9.84 Å². The number of morpholine rings is 1. The summed E-state index contributed by atoms with van der Waals surface area (Å²) in [7, 11) is -4.21. The molecule has 0 unspecified atom stereocenters. The standard InChI is InChI=1S/C37H57N5O8S/c1-25(2)32(43)33(44)30(20-27-13-9-6-10-14-27)40-35(46)31(21-29-22-38-24-39-29)41-34(45)28(19-26-11-7-5-8-12-26)23-51(48,49)37(3,4)36(47)42-15-17-50-18-16-42/h5,7-8,11-12,22,24-25,27-28,30-33,43-44H,6,9-10,13-21,23H2,1-4H3,(H,38,39)(H,40,46)(H,41,45)/t28-,30+,31+,32+,33-/m1/s1. The lowest BCUT2D eigenvalue weighted by Gasteiger charge is -2.35. The Morgan fingerprint density at radius 2 is 1.65 bits per heavy atom. The van der Waals surface area contributed by atoms with E-state index in [9.17, 15) is 33.0 Å². The number of hydrogen-bond donors (Lipinski definition) is 5. The number of aliphatic hydroxyl groups excluding tert-OH is 2. The lowest BCUT2D eigenvalue weighted by atomic mass is 9.82. The van der Waals surface area contributed by atoms with Crippen molar-refractivity contribution in [2.75, 3.05) is 32.1 Å². The molecule has 1 saturated carbocycles. The fourth-order valence-electron chi connectivity index (χ4n) is 6.97. The average molecular weight is 732 g/mol. The number of aliphatic hydroxyl groups is 2. The summed E-state index contributed by atoms with van der Waals surface area (Å²) in [6, 6.07) is 7.04. The number of aromatic nitrogens is 2. The van der Waals surface area contributed by atoms with Crippen LogP contribution in [0.3, 0.4) is 0 Å².